The average molecular weight is 1020 g/mol. The number of hydrogen-bond donors (Lipinski definition) is 5. The minimum absolute atomic E-state index is 0.0148. The van der Waals surface area contributed by atoms with E-state index in [9.17, 15) is 10.2 Å². The van der Waals surface area contributed by atoms with Crippen LogP contribution in [0.5, 0.6) is 17.6 Å². The summed E-state index contributed by atoms with van der Waals surface area (Å²) in [5.41, 5.74) is 17.8. The third-order valence-electron chi connectivity index (χ3n) is 12.8. The highest BCUT2D eigenvalue weighted by Gasteiger charge is 2.26. The highest BCUT2D eigenvalue weighted by molar-refractivity contribution is 6.05. The molecule has 9 rings (SSSR count). The Hall–Kier alpha value is -7.40. The van der Waals surface area contributed by atoms with Crippen molar-refractivity contribution in [1.29, 1.82) is 0 Å². The lowest BCUT2D eigenvalue weighted by molar-refractivity contribution is 0.133. The first kappa shape index (κ1) is 52.9. The molecule has 2 unspecified atom stereocenters. The fourth-order valence-electron chi connectivity index (χ4n) is 9.28. The number of H-pyrrole nitrogens is 2. The standard InChI is InChI=1S/C27H36N8O3.C25H34N8O3/c1-6-21-25-19-13-23(29-21)20-14-28-33(5)27(20)38-17(4)15-34(7-2)16-24-18(9-10-22(19)30-31-25)26(37-8-3)32-35(24)11-12-36;1-6-35-24(26)17-7-8-20-18-11-21(29-16(3)23(18)31-30-20)19-12-28-33(5)25(19)36-15(2)13-32(4)14-22(17)27-9-10-34/h9-10,13-14,17,36H,6-8,11-12,15-16H2,1-5H3,(H,30,31);7-8,11-12,15,34H,6,9-10,13-14,26H2,1-5H3,(H,30,31)/b10-9+;8-7+,24-17+,27-22?. The van der Waals surface area contributed by atoms with Gasteiger partial charge in [-0.05, 0) is 91.1 Å². The number of aromatic nitrogens is 12. The van der Waals surface area contributed by atoms with Gasteiger partial charge in [-0.2, -0.15) is 20.4 Å². The van der Waals surface area contributed by atoms with Crippen molar-refractivity contribution in [1.82, 2.24) is 69.5 Å². The number of nitrogens with zero attached hydrogens (tertiary/aromatic N) is 13. The van der Waals surface area contributed by atoms with E-state index < -0.39 is 0 Å². The van der Waals surface area contributed by atoms with E-state index in [4.69, 9.17) is 39.7 Å². The van der Waals surface area contributed by atoms with E-state index in [-0.39, 0.29) is 37.8 Å². The predicted molar refractivity (Wildman–Crippen MR) is 286 cm³/mol. The number of nitrogens with one attached hydrogen (secondary N) is 2. The smallest absolute Gasteiger partial charge is 0.240 e. The Morgan fingerprint density at radius 3 is 2.07 bits per heavy atom. The number of allylic oxidation sites excluding steroid dienone is 1. The molecular formula is C52H70N16O6. The molecule has 0 saturated heterocycles. The molecule has 0 radical (unpaired) electrons. The number of nitrogens with two attached hydrogens (primary N) is 1. The van der Waals surface area contributed by atoms with Crippen molar-refractivity contribution in [2.24, 2.45) is 24.8 Å². The van der Waals surface area contributed by atoms with Crippen LogP contribution >= 0.6 is 0 Å². The van der Waals surface area contributed by atoms with Gasteiger partial charge in [-0.3, -0.25) is 39.6 Å². The lowest BCUT2D eigenvalue weighted by atomic mass is 10.1. The molecule has 22 heteroatoms. The van der Waals surface area contributed by atoms with Crippen molar-refractivity contribution in [3.05, 3.63) is 76.1 Å². The van der Waals surface area contributed by atoms with Gasteiger partial charge in [0.05, 0.1) is 120 Å². The van der Waals surface area contributed by atoms with E-state index in [1.165, 1.54) is 0 Å². The van der Waals surface area contributed by atoms with E-state index in [0.29, 0.717) is 74.9 Å². The molecule has 22 nitrogen and oxygen atoms in total. The second-order valence-corrected chi connectivity index (χ2v) is 18.3. The Bertz CT molecular complexity index is 3190. The summed E-state index contributed by atoms with van der Waals surface area (Å²) in [5, 5.41) is 50.1. The molecule has 74 heavy (non-hydrogen) atoms. The van der Waals surface area contributed by atoms with E-state index in [0.717, 1.165) is 91.3 Å². The second kappa shape index (κ2) is 23.6. The Balaban J connectivity index is 0.000000197. The van der Waals surface area contributed by atoms with E-state index in [2.05, 4.69) is 66.2 Å². The van der Waals surface area contributed by atoms with Crippen molar-refractivity contribution in [3.8, 4) is 40.2 Å². The lowest BCUT2D eigenvalue weighted by Crippen LogP contribution is -2.36. The number of aliphatic hydroxyl groups excluding tert-OH is 2. The first-order valence-electron chi connectivity index (χ1n) is 25.3. The third-order valence-corrected chi connectivity index (χ3v) is 12.8. The fourth-order valence-corrected chi connectivity index (χ4v) is 9.28. The Kier molecular flexibility index (Phi) is 16.9. The molecule has 6 N–H and O–H groups in total. The SMILES string of the molecule is CCO/C(N)=C1\C=C\c2[nH]nc3c(C)nc(cc23)-c2cnn(C)c2OC(C)CN(C)CC1=NCCO.CCOc1nn(CCO)c2c1/C=C/c1[nH]nc3c(CC)nc(cc13)-c1cnn(C)c1OC(C)CN(CC)C2. The number of likely N-dealkylation sites (N-methyl/N-ethyl adjacent to an activating group) is 2. The fraction of sp³-hybridized carbons (Fsp3) is 0.462. The number of rotatable bonds is 10. The Labute approximate surface area is 430 Å². The van der Waals surface area contributed by atoms with Crippen molar-refractivity contribution in [2.75, 3.05) is 66.2 Å². The molecule has 7 aromatic heterocycles. The molecule has 2 aliphatic rings. The van der Waals surface area contributed by atoms with Crippen LogP contribution in [0.1, 0.15) is 75.6 Å². The number of aliphatic imine (C=N–C) groups is 1. The average Bonchev–Trinajstić information content (AvgIpc) is 4.21. The molecule has 0 amide bonds. The summed E-state index contributed by atoms with van der Waals surface area (Å²) in [6.07, 6.45) is 11.9. The molecule has 2 atom stereocenters. The summed E-state index contributed by atoms with van der Waals surface area (Å²) in [4.78, 5) is 18.8. The van der Waals surface area contributed by atoms with Crippen molar-refractivity contribution < 1.29 is 29.2 Å². The van der Waals surface area contributed by atoms with Crippen LogP contribution in [0.25, 0.3) is 62.5 Å². The molecule has 0 aromatic carbocycles. The van der Waals surface area contributed by atoms with Crippen molar-refractivity contribution in [2.45, 2.75) is 80.2 Å². The minimum atomic E-state index is -0.158. The van der Waals surface area contributed by atoms with Gasteiger partial charge in [0.2, 0.25) is 17.6 Å². The van der Waals surface area contributed by atoms with Gasteiger partial charge in [0.1, 0.15) is 23.2 Å². The van der Waals surface area contributed by atoms with Gasteiger partial charge in [-0.25, -0.2) is 9.36 Å². The van der Waals surface area contributed by atoms with Crippen LogP contribution in [0.3, 0.4) is 0 Å². The number of ether oxygens (including phenoxy) is 4. The van der Waals surface area contributed by atoms with Crippen LogP contribution in [0.2, 0.25) is 0 Å². The van der Waals surface area contributed by atoms with Crippen LogP contribution in [0, 0.1) is 6.92 Å². The zero-order chi connectivity index (χ0) is 52.6. The first-order valence-corrected chi connectivity index (χ1v) is 25.3. The maximum absolute atomic E-state index is 9.75. The molecule has 0 spiro atoms. The maximum Gasteiger partial charge on any atom is 0.240 e. The zero-order valence-electron chi connectivity index (χ0n) is 44.2. The molecule has 9 heterocycles. The van der Waals surface area contributed by atoms with Gasteiger partial charge in [0.25, 0.3) is 0 Å². The summed E-state index contributed by atoms with van der Waals surface area (Å²) in [6.45, 7) is 18.7. The Morgan fingerprint density at radius 1 is 0.811 bits per heavy atom. The van der Waals surface area contributed by atoms with Gasteiger partial charge >= 0.3 is 0 Å². The molecule has 2 aliphatic heterocycles. The molecule has 0 saturated carbocycles. The van der Waals surface area contributed by atoms with Crippen molar-refractivity contribution >= 4 is 45.7 Å². The second-order valence-electron chi connectivity index (χ2n) is 18.3. The zero-order valence-corrected chi connectivity index (χ0v) is 44.2. The summed E-state index contributed by atoms with van der Waals surface area (Å²) in [5.74, 6) is 2.15. The largest absolute Gasteiger partial charge is 0.479 e. The summed E-state index contributed by atoms with van der Waals surface area (Å²) in [7, 11) is 5.73. The number of aromatic amines is 2. The number of aliphatic hydroxyl groups is 2. The van der Waals surface area contributed by atoms with E-state index in [1.807, 2.05) is 96.2 Å². The van der Waals surface area contributed by atoms with Gasteiger partial charge in [-0.15, -0.1) is 5.10 Å². The molecule has 0 fully saturated rings. The quantitative estimate of drug-likeness (QED) is 0.109. The topological polar surface area (TPSA) is 259 Å². The van der Waals surface area contributed by atoms with Gasteiger partial charge in [0.15, 0.2) is 5.88 Å². The number of fused-ring (bicyclic) bond motifs is 7. The molecule has 4 bridgehead atoms. The Morgan fingerprint density at radius 2 is 1.45 bits per heavy atom. The maximum atomic E-state index is 9.75. The number of pyridine rings is 2. The van der Waals surface area contributed by atoms with Crippen LogP contribution < -0.4 is 19.9 Å². The van der Waals surface area contributed by atoms with E-state index >= 15 is 0 Å². The van der Waals surface area contributed by atoms with Crippen molar-refractivity contribution in [3.63, 3.8) is 0 Å². The summed E-state index contributed by atoms with van der Waals surface area (Å²) >= 11 is 0. The van der Waals surface area contributed by atoms with E-state index in [1.54, 1.807) is 15.6 Å². The molecule has 0 aliphatic carbocycles. The van der Waals surface area contributed by atoms with Crippen LogP contribution in [-0.2, 0) is 38.3 Å². The van der Waals surface area contributed by atoms with Crippen LogP contribution in [0.15, 0.2) is 47.1 Å². The molecule has 394 valence electrons. The minimum Gasteiger partial charge on any atom is -0.479 e. The summed E-state index contributed by atoms with van der Waals surface area (Å²) < 4.78 is 29.8. The predicted octanol–water partition coefficient (Wildman–Crippen LogP) is 5.31. The van der Waals surface area contributed by atoms with Crippen LogP contribution in [-0.4, -0.2) is 164 Å². The lowest BCUT2D eigenvalue weighted by Gasteiger charge is -2.25. The highest BCUT2D eigenvalue weighted by atomic mass is 16.5. The molecular weight excluding hydrogens is 945 g/mol. The number of aryl methyl sites for hydroxylation is 4. The van der Waals surface area contributed by atoms with Crippen LogP contribution in [0.4, 0.5) is 0 Å². The normalized spacial score (nSPS) is 18.8. The van der Waals surface area contributed by atoms with Gasteiger partial charge in [0, 0.05) is 51.0 Å². The van der Waals surface area contributed by atoms with Gasteiger partial charge in [-0.1, -0.05) is 13.8 Å². The monoisotopic (exact) mass is 1010 g/mol. The first-order chi connectivity index (χ1) is 35.8. The molecule has 7 aromatic rings. The highest BCUT2D eigenvalue weighted by Crippen LogP contribution is 2.36. The summed E-state index contributed by atoms with van der Waals surface area (Å²) in [6, 6.07) is 4.03. The third kappa shape index (κ3) is 11.4. The number of hydrogen-bond acceptors (Lipinski definition) is 17. The van der Waals surface area contributed by atoms with Gasteiger partial charge < -0.3 is 34.9 Å².